The Morgan fingerprint density at radius 2 is 1.93 bits per heavy atom. The molecular formula is C21H22N2O5. The van der Waals surface area contributed by atoms with Crippen LogP contribution < -0.4 is 10.1 Å². The number of carbonyl (C=O) groups is 2. The molecule has 2 aromatic rings. The molecule has 7 nitrogen and oxygen atoms in total. The van der Waals surface area contributed by atoms with E-state index >= 15 is 0 Å². The molecule has 3 rings (SSSR count). The number of carbonyl (C=O) groups excluding carboxylic acids is 2. The molecule has 0 saturated carbocycles. The first-order valence-corrected chi connectivity index (χ1v) is 9.10. The molecule has 0 radical (unpaired) electrons. The highest BCUT2D eigenvalue weighted by Gasteiger charge is 2.39. The molecule has 0 saturated heterocycles. The topological polar surface area (TPSA) is 97.2 Å². The van der Waals surface area contributed by atoms with Crippen molar-refractivity contribution < 1.29 is 24.2 Å². The second-order valence-electron chi connectivity index (χ2n) is 6.29. The summed E-state index contributed by atoms with van der Waals surface area (Å²) in [6, 6.07) is 14.5. The highest BCUT2D eigenvalue weighted by Crippen LogP contribution is 2.30. The second kappa shape index (κ2) is 9.03. The van der Waals surface area contributed by atoms with Crippen molar-refractivity contribution in [3.63, 3.8) is 0 Å². The Labute approximate surface area is 163 Å². The van der Waals surface area contributed by atoms with E-state index in [9.17, 15) is 14.7 Å². The van der Waals surface area contributed by atoms with Crippen LogP contribution in [0.5, 0.6) is 11.5 Å². The molecule has 1 aliphatic heterocycles. The van der Waals surface area contributed by atoms with Gasteiger partial charge in [-0.15, -0.1) is 0 Å². The number of amides is 2. The zero-order chi connectivity index (χ0) is 19.9. The quantitative estimate of drug-likeness (QED) is 0.566. The van der Waals surface area contributed by atoms with E-state index in [1.54, 1.807) is 12.1 Å². The number of benzene rings is 2. The summed E-state index contributed by atoms with van der Waals surface area (Å²) in [5.74, 6) is -0.514. The lowest BCUT2D eigenvalue weighted by atomic mass is 9.86. The highest BCUT2D eigenvalue weighted by atomic mass is 16.6. The maximum Gasteiger partial charge on any atom is 0.341 e. The molecule has 28 heavy (non-hydrogen) atoms. The Hall–Kier alpha value is -3.35. The molecular weight excluding hydrogens is 360 g/mol. The van der Waals surface area contributed by atoms with Crippen LogP contribution in [0.15, 0.2) is 59.6 Å². The van der Waals surface area contributed by atoms with E-state index in [2.05, 4.69) is 10.3 Å². The van der Waals surface area contributed by atoms with Crippen LogP contribution in [-0.2, 0) is 9.53 Å². The van der Waals surface area contributed by atoms with E-state index in [1.165, 1.54) is 12.1 Å². The van der Waals surface area contributed by atoms with Gasteiger partial charge in [0, 0.05) is 5.71 Å². The van der Waals surface area contributed by atoms with Crippen molar-refractivity contribution in [3.05, 3.63) is 60.2 Å². The van der Waals surface area contributed by atoms with Crippen LogP contribution in [-0.4, -0.2) is 36.0 Å². The third-order valence-corrected chi connectivity index (χ3v) is 4.40. The minimum Gasteiger partial charge on any atom is -0.508 e. The van der Waals surface area contributed by atoms with Gasteiger partial charge in [-0.1, -0.05) is 37.3 Å². The fourth-order valence-corrected chi connectivity index (χ4v) is 3.11. The smallest absolute Gasteiger partial charge is 0.341 e. The molecule has 2 aromatic carbocycles. The molecule has 0 spiro atoms. The number of hydrogen-bond donors (Lipinski definition) is 2. The van der Waals surface area contributed by atoms with Gasteiger partial charge >= 0.3 is 12.0 Å². The number of ether oxygens (including phenoxy) is 2. The molecule has 0 aromatic heterocycles. The van der Waals surface area contributed by atoms with Crippen molar-refractivity contribution in [1.29, 1.82) is 0 Å². The first kappa shape index (κ1) is 19.4. The lowest BCUT2D eigenvalue weighted by molar-refractivity contribution is -0.147. The zero-order valence-corrected chi connectivity index (χ0v) is 15.5. The molecule has 0 bridgehead atoms. The van der Waals surface area contributed by atoms with Gasteiger partial charge < -0.3 is 19.9 Å². The predicted octanol–water partition coefficient (Wildman–Crippen LogP) is 3.25. The van der Waals surface area contributed by atoms with Gasteiger partial charge in [-0.25, -0.2) is 9.79 Å². The summed E-state index contributed by atoms with van der Waals surface area (Å²) in [6.07, 6.45) is 0.434. The summed E-state index contributed by atoms with van der Waals surface area (Å²) in [7, 11) is 0. The van der Waals surface area contributed by atoms with E-state index in [1.807, 2.05) is 37.3 Å². The maximum atomic E-state index is 12.8. The van der Waals surface area contributed by atoms with Crippen LogP contribution in [0.2, 0.25) is 0 Å². The molecule has 2 N–H and O–H groups in total. The second-order valence-corrected chi connectivity index (χ2v) is 6.29. The van der Waals surface area contributed by atoms with Gasteiger partial charge in [-0.3, -0.25) is 4.79 Å². The molecule has 2 unspecified atom stereocenters. The summed E-state index contributed by atoms with van der Waals surface area (Å²) in [5, 5.41) is 12.5. The van der Waals surface area contributed by atoms with Crippen LogP contribution in [0.3, 0.4) is 0 Å². The van der Waals surface area contributed by atoms with Crippen LogP contribution in [0.1, 0.15) is 24.9 Å². The van der Waals surface area contributed by atoms with Crippen molar-refractivity contribution in [2.75, 3.05) is 13.2 Å². The van der Waals surface area contributed by atoms with Crippen molar-refractivity contribution in [2.45, 2.75) is 19.4 Å². The summed E-state index contributed by atoms with van der Waals surface area (Å²) in [6.45, 7) is 2.11. The standard InChI is InChI=1S/C21H22N2O5/c1-2-17-18(20(25)28-12-11-27-16-9-4-3-5-10-16)19(23-21(26)22-17)14-7-6-8-15(24)13-14/h3-10,13,18-19,24H,2,11-12H2,1H3,(H,23,26). The van der Waals surface area contributed by atoms with Crippen molar-refractivity contribution in [1.82, 2.24) is 5.32 Å². The monoisotopic (exact) mass is 382 g/mol. The number of aromatic hydroxyl groups is 1. The first-order chi connectivity index (χ1) is 13.6. The minimum atomic E-state index is -0.763. The fourth-order valence-electron chi connectivity index (χ4n) is 3.11. The molecule has 1 heterocycles. The van der Waals surface area contributed by atoms with Gasteiger partial charge in [-0.2, -0.15) is 0 Å². The average Bonchev–Trinajstić information content (AvgIpc) is 2.71. The van der Waals surface area contributed by atoms with E-state index in [0.29, 0.717) is 23.4 Å². The predicted molar refractivity (Wildman–Crippen MR) is 103 cm³/mol. The van der Waals surface area contributed by atoms with Gasteiger partial charge in [0.15, 0.2) is 0 Å². The number of para-hydroxylation sites is 1. The SMILES string of the molecule is CCC1=NC(=O)NC(c2cccc(O)c2)C1C(=O)OCCOc1ccccc1. The zero-order valence-electron chi connectivity index (χ0n) is 15.5. The number of aliphatic imine (C=N–C) groups is 1. The molecule has 0 fully saturated rings. The molecule has 0 aliphatic carbocycles. The number of nitrogens with one attached hydrogen (secondary N) is 1. The third-order valence-electron chi connectivity index (χ3n) is 4.40. The number of hydrogen-bond acceptors (Lipinski definition) is 5. The van der Waals surface area contributed by atoms with Gasteiger partial charge in [-0.05, 0) is 36.2 Å². The number of rotatable bonds is 7. The molecule has 1 aliphatic rings. The summed E-state index contributed by atoms with van der Waals surface area (Å²) >= 11 is 0. The first-order valence-electron chi connectivity index (χ1n) is 9.10. The van der Waals surface area contributed by atoms with Crippen molar-refractivity contribution in [2.24, 2.45) is 10.9 Å². The fraction of sp³-hybridized carbons (Fsp3) is 0.286. The number of esters is 1. The van der Waals surface area contributed by atoms with E-state index in [-0.39, 0.29) is 19.0 Å². The molecule has 7 heteroatoms. The van der Waals surface area contributed by atoms with E-state index in [0.717, 1.165) is 0 Å². The Morgan fingerprint density at radius 1 is 1.14 bits per heavy atom. The van der Waals surface area contributed by atoms with Gasteiger partial charge in [0.05, 0.1) is 6.04 Å². The van der Waals surface area contributed by atoms with Crippen molar-refractivity contribution >= 4 is 17.7 Å². The largest absolute Gasteiger partial charge is 0.508 e. The summed E-state index contributed by atoms with van der Waals surface area (Å²) in [5.41, 5.74) is 1.06. The molecule has 146 valence electrons. The normalized spacial score (nSPS) is 18.8. The van der Waals surface area contributed by atoms with Gasteiger partial charge in [0.25, 0.3) is 0 Å². The number of phenols is 1. The van der Waals surface area contributed by atoms with Crippen LogP contribution in [0.4, 0.5) is 4.79 Å². The number of phenolic OH excluding ortho intramolecular Hbond substituents is 1. The Morgan fingerprint density at radius 3 is 2.64 bits per heavy atom. The lowest BCUT2D eigenvalue weighted by Gasteiger charge is -2.30. The molecule has 2 amide bonds. The van der Waals surface area contributed by atoms with Gasteiger partial charge in [0.1, 0.15) is 30.6 Å². The van der Waals surface area contributed by atoms with E-state index < -0.39 is 24.0 Å². The number of urea groups is 1. The highest BCUT2D eigenvalue weighted by molar-refractivity contribution is 6.09. The van der Waals surface area contributed by atoms with E-state index in [4.69, 9.17) is 9.47 Å². The number of nitrogens with zero attached hydrogens (tertiary/aromatic N) is 1. The average molecular weight is 382 g/mol. The lowest BCUT2D eigenvalue weighted by Crippen LogP contribution is -2.45. The summed E-state index contributed by atoms with van der Waals surface area (Å²) in [4.78, 5) is 28.7. The molecule has 2 atom stereocenters. The summed E-state index contributed by atoms with van der Waals surface area (Å²) < 4.78 is 10.9. The Balaban J connectivity index is 1.70. The Bertz CT molecular complexity index is 866. The van der Waals surface area contributed by atoms with Crippen LogP contribution in [0, 0.1) is 5.92 Å². The third kappa shape index (κ3) is 4.68. The minimum absolute atomic E-state index is 0.0516. The van der Waals surface area contributed by atoms with Crippen molar-refractivity contribution in [3.8, 4) is 11.5 Å². The van der Waals surface area contributed by atoms with Crippen LogP contribution >= 0.6 is 0 Å². The Kier molecular flexibility index (Phi) is 6.26. The van der Waals surface area contributed by atoms with Crippen LogP contribution in [0.25, 0.3) is 0 Å². The maximum absolute atomic E-state index is 12.8. The van der Waals surface area contributed by atoms with Gasteiger partial charge in [0.2, 0.25) is 0 Å².